The molecule has 2 heterocycles. The topological polar surface area (TPSA) is 73.4 Å². The zero-order chi connectivity index (χ0) is 22.2. The van der Waals surface area contributed by atoms with Gasteiger partial charge in [-0.15, -0.1) is 0 Å². The standard InChI is InChI=1S/C24H29FN4O2/c1-24(2,3)31-22(30)17-12-13-28(21(26)14-17)23-27-19-6-4-5-7-20(19)29(23)15-16-8-10-18(25)11-9-16/h4-11,17,21H,12-15,26H2,1-3H3. The van der Waals surface area contributed by atoms with Crippen molar-refractivity contribution in [1.82, 2.24) is 9.55 Å². The monoisotopic (exact) mass is 424 g/mol. The average Bonchev–Trinajstić information content (AvgIpc) is 3.06. The number of fused-ring (bicyclic) bond motifs is 1. The number of anilines is 1. The second kappa shape index (κ2) is 8.30. The third-order valence-electron chi connectivity index (χ3n) is 5.53. The molecule has 1 aromatic heterocycles. The zero-order valence-corrected chi connectivity index (χ0v) is 18.2. The first-order chi connectivity index (χ1) is 14.7. The van der Waals surface area contributed by atoms with Crippen molar-refractivity contribution in [2.24, 2.45) is 11.7 Å². The first-order valence-electron chi connectivity index (χ1n) is 10.7. The first-order valence-corrected chi connectivity index (χ1v) is 10.7. The molecular weight excluding hydrogens is 395 g/mol. The number of rotatable bonds is 4. The van der Waals surface area contributed by atoms with Crippen LogP contribution in [0.5, 0.6) is 0 Å². The molecule has 4 rings (SSSR count). The summed E-state index contributed by atoms with van der Waals surface area (Å²) >= 11 is 0. The van der Waals surface area contributed by atoms with Crippen molar-refractivity contribution in [3.05, 3.63) is 59.9 Å². The minimum Gasteiger partial charge on any atom is -0.460 e. The van der Waals surface area contributed by atoms with E-state index in [-0.39, 0.29) is 23.9 Å². The molecule has 1 saturated heterocycles. The van der Waals surface area contributed by atoms with Crippen LogP contribution in [0.4, 0.5) is 10.3 Å². The molecular formula is C24H29FN4O2. The van der Waals surface area contributed by atoms with Crippen molar-refractivity contribution in [3.8, 4) is 0 Å². The fourth-order valence-electron chi connectivity index (χ4n) is 4.06. The molecule has 0 spiro atoms. The van der Waals surface area contributed by atoms with Gasteiger partial charge in [0.1, 0.15) is 11.4 Å². The van der Waals surface area contributed by atoms with Gasteiger partial charge in [0.15, 0.2) is 0 Å². The van der Waals surface area contributed by atoms with Crippen molar-refractivity contribution < 1.29 is 13.9 Å². The van der Waals surface area contributed by atoms with Crippen LogP contribution in [0.15, 0.2) is 48.5 Å². The van der Waals surface area contributed by atoms with Gasteiger partial charge in [0.2, 0.25) is 5.95 Å². The number of hydrogen-bond donors (Lipinski definition) is 1. The molecule has 0 aliphatic carbocycles. The van der Waals surface area contributed by atoms with E-state index in [9.17, 15) is 9.18 Å². The van der Waals surface area contributed by atoms with Gasteiger partial charge in [0.05, 0.1) is 29.7 Å². The van der Waals surface area contributed by atoms with E-state index in [2.05, 4.69) is 9.47 Å². The quantitative estimate of drug-likeness (QED) is 0.639. The van der Waals surface area contributed by atoms with Gasteiger partial charge in [-0.2, -0.15) is 0 Å². The fraction of sp³-hybridized carbons (Fsp3) is 0.417. The Morgan fingerprint density at radius 1 is 1.19 bits per heavy atom. The highest BCUT2D eigenvalue weighted by molar-refractivity contribution is 5.79. The Morgan fingerprint density at radius 2 is 1.90 bits per heavy atom. The number of halogens is 1. The SMILES string of the molecule is CC(C)(C)OC(=O)C1CCN(c2nc3ccccc3n2Cc2ccc(F)cc2)C(N)C1. The maximum absolute atomic E-state index is 13.4. The van der Waals surface area contributed by atoms with Gasteiger partial charge >= 0.3 is 5.97 Å². The van der Waals surface area contributed by atoms with E-state index in [0.717, 1.165) is 22.5 Å². The summed E-state index contributed by atoms with van der Waals surface area (Å²) in [6.07, 6.45) is 0.812. The van der Waals surface area contributed by atoms with E-state index in [0.29, 0.717) is 25.9 Å². The lowest BCUT2D eigenvalue weighted by molar-refractivity contribution is -0.161. The molecule has 0 saturated carbocycles. The van der Waals surface area contributed by atoms with Crippen LogP contribution >= 0.6 is 0 Å². The van der Waals surface area contributed by atoms with E-state index < -0.39 is 5.60 Å². The maximum Gasteiger partial charge on any atom is 0.309 e. The molecule has 1 aliphatic heterocycles. The number of carbonyl (C=O) groups is 1. The number of nitrogens with zero attached hydrogens (tertiary/aromatic N) is 3. The number of aromatic nitrogens is 2. The summed E-state index contributed by atoms with van der Waals surface area (Å²) in [6.45, 7) is 6.78. The highest BCUT2D eigenvalue weighted by Gasteiger charge is 2.35. The molecule has 0 amide bonds. The predicted octanol–water partition coefficient (Wildman–Crippen LogP) is 4.07. The van der Waals surface area contributed by atoms with Crippen LogP contribution in [-0.2, 0) is 16.1 Å². The lowest BCUT2D eigenvalue weighted by atomic mass is 9.94. The lowest BCUT2D eigenvalue weighted by Gasteiger charge is -2.38. The Morgan fingerprint density at radius 3 is 2.58 bits per heavy atom. The number of ether oxygens (including phenoxy) is 1. The summed E-state index contributed by atoms with van der Waals surface area (Å²) in [6, 6.07) is 14.4. The molecule has 2 aromatic carbocycles. The minimum atomic E-state index is -0.512. The van der Waals surface area contributed by atoms with E-state index >= 15 is 0 Å². The van der Waals surface area contributed by atoms with Crippen molar-refractivity contribution in [2.45, 2.75) is 51.9 Å². The summed E-state index contributed by atoms with van der Waals surface area (Å²) in [5, 5.41) is 0. The Bertz CT molecular complexity index is 1070. The highest BCUT2D eigenvalue weighted by Crippen LogP contribution is 2.30. The van der Waals surface area contributed by atoms with Gasteiger partial charge in [-0.05, 0) is 63.4 Å². The Balaban J connectivity index is 1.61. The summed E-state index contributed by atoms with van der Waals surface area (Å²) in [5.74, 6) is 0.0918. The number of carbonyl (C=O) groups excluding carboxylic acids is 1. The molecule has 1 fully saturated rings. The molecule has 6 nitrogen and oxygen atoms in total. The van der Waals surface area contributed by atoms with Gasteiger partial charge in [-0.3, -0.25) is 4.79 Å². The van der Waals surface area contributed by atoms with Crippen LogP contribution in [0.25, 0.3) is 11.0 Å². The highest BCUT2D eigenvalue weighted by atomic mass is 19.1. The van der Waals surface area contributed by atoms with Gasteiger partial charge in [0.25, 0.3) is 0 Å². The Labute approximate surface area is 181 Å². The van der Waals surface area contributed by atoms with Crippen molar-refractivity contribution in [1.29, 1.82) is 0 Å². The maximum atomic E-state index is 13.4. The van der Waals surface area contributed by atoms with Gasteiger partial charge in [-0.25, -0.2) is 9.37 Å². The van der Waals surface area contributed by atoms with Crippen molar-refractivity contribution >= 4 is 23.0 Å². The number of nitrogens with two attached hydrogens (primary N) is 1. The summed E-state index contributed by atoms with van der Waals surface area (Å²) in [4.78, 5) is 19.4. The van der Waals surface area contributed by atoms with E-state index in [4.69, 9.17) is 15.5 Å². The lowest BCUT2D eigenvalue weighted by Crippen LogP contribution is -2.51. The first kappa shape index (κ1) is 21.3. The van der Waals surface area contributed by atoms with Gasteiger partial charge in [0, 0.05) is 6.54 Å². The fourth-order valence-corrected chi connectivity index (χ4v) is 4.06. The predicted molar refractivity (Wildman–Crippen MR) is 119 cm³/mol. The smallest absolute Gasteiger partial charge is 0.309 e. The summed E-state index contributed by atoms with van der Waals surface area (Å²) < 4.78 is 21.0. The van der Waals surface area contributed by atoms with Gasteiger partial charge in [-0.1, -0.05) is 24.3 Å². The van der Waals surface area contributed by atoms with Crippen LogP contribution in [0.2, 0.25) is 0 Å². The van der Waals surface area contributed by atoms with E-state index in [1.165, 1.54) is 12.1 Å². The molecule has 0 bridgehead atoms. The third kappa shape index (κ3) is 4.71. The number of hydrogen-bond acceptors (Lipinski definition) is 5. The second-order valence-corrected chi connectivity index (χ2v) is 9.13. The number of imidazole rings is 1. The Kier molecular flexibility index (Phi) is 5.71. The molecule has 2 unspecified atom stereocenters. The largest absolute Gasteiger partial charge is 0.460 e. The van der Waals surface area contributed by atoms with E-state index in [1.54, 1.807) is 12.1 Å². The second-order valence-electron chi connectivity index (χ2n) is 9.13. The average molecular weight is 425 g/mol. The molecule has 31 heavy (non-hydrogen) atoms. The minimum absolute atomic E-state index is 0.192. The molecule has 2 N–H and O–H groups in total. The number of piperidine rings is 1. The van der Waals surface area contributed by atoms with Crippen LogP contribution in [0, 0.1) is 11.7 Å². The summed E-state index contributed by atoms with van der Waals surface area (Å²) in [5.41, 5.74) is 8.85. The molecule has 164 valence electrons. The van der Waals surface area contributed by atoms with Crippen molar-refractivity contribution in [2.75, 3.05) is 11.4 Å². The van der Waals surface area contributed by atoms with Gasteiger partial charge < -0.3 is 19.9 Å². The Hall–Kier alpha value is -2.93. The van der Waals surface area contributed by atoms with Crippen LogP contribution in [0.3, 0.4) is 0 Å². The number of benzene rings is 2. The van der Waals surface area contributed by atoms with Crippen LogP contribution in [-0.4, -0.2) is 33.8 Å². The van der Waals surface area contributed by atoms with E-state index in [1.807, 2.05) is 45.0 Å². The normalized spacial score (nSPS) is 19.6. The number of para-hydroxylation sites is 2. The van der Waals surface area contributed by atoms with Crippen LogP contribution < -0.4 is 10.6 Å². The zero-order valence-electron chi connectivity index (χ0n) is 18.2. The molecule has 0 radical (unpaired) electrons. The summed E-state index contributed by atoms with van der Waals surface area (Å²) in [7, 11) is 0. The van der Waals surface area contributed by atoms with Crippen molar-refractivity contribution in [3.63, 3.8) is 0 Å². The van der Waals surface area contributed by atoms with Crippen LogP contribution in [0.1, 0.15) is 39.2 Å². The third-order valence-corrected chi connectivity index (χ3v) is 5.53. The molecule has 2 atom stereocenters. The number of esters is 1. The molecule has 1 aliphatic rings. The molecule has 3 aromatic rings. The molecule has 7 heteroatoms.